The Balaban J connectivity index is 1.23. The molecule has 0 N–H and O–H groups in total. The fourth-order valence-corrected chi connectivity index (χ4v) is 13.6. The summed E-state index contributed by atoms with van der Waals surface area (Å²) in [5.74, 6) is 0. The van der Waals surface area contributed by atoms with E-state index in [9.17, 15) is 0 Å². The molecule has 5 heterocycles. The Kier molecular flexibility index (Phi) is 7.17. The van der Waals surface area contributed by atoms with Gasteiger partial charge in [0.15, 0.2) is 0 Å². The highest BCUT2D eigenvalue weighted by molar-refractivity contribution is 7.00. The van der Waals surface area contributed by atoms with Gasteiger partial charge in [0.2, 0.25) is 0 Å². The molecule has 9 aromatic carbocycles. The molecule has 3 aliphatic heterocycles. The number of hydrogen-bond acceptors (Lipinski definition) is 0. The number of fused-ring (bicyclic) bond motifs is 13. The zero-order valence-corrected chi connectivity index (χ0v) is 40.1. The van der Waals surface area contributed by atoms with E-state index in [-0.39, 0.29) is 17.5 Å². The number of aryl methyl sites for hydroxylation is 2. The fraction of sp³-hybridized carbons (Fsp3) is 0.169. The maximum absolute atomic E-state index is 2.77. The molecule has 0 saturated heterocycles. The second-order valence-electron chi connectivity index (χ2n) is 22.6. The van der Waals surface area contributed by atoms with Gasteiger partial charge in [-0.15, -0.1) is 0 Å². The summed E-state index contributed by atoms with van der Waals surface area (Å²) in [6.45, 7) is 18.8. The third-order valence-corrected chi connectivity index (χ3v) is 16.7. The number of rotatable bonds is 2. The summed E-state index contributed by atoms with van der Waals surface area (Å²) in [4.78, 5) is 0. The average molecular weight is 871 g/mol. The Labute approximate surface area is 398 Å². The molecule has 0 amide bonds. The van der Waals surface area contributed by atoms with Crippen LogP contribution in [0.25, 0.3) is 88.4 Å². The quantitative estimate of drug-likeness (QED) is 0.153. The van der Waals surface area contributed by atoms with Crippen LogP contribution in [0.2, 0.25) is 0 Å². The van der Waals surface area contributed by atoms with E-state index in [1.54, 1.807) is 0 Å². The predicted octanol–water partition coefficient (Wildman–Crippen LogP) is 14.2. The van der Waals surface area contributed by atoms with Crippen LogP contribution in [-0.4, -0.2) is 15.8 Å². The maximum Gasteiger partial charge on any atom is 0.252 e. The predicted molar refractivity (Wildman–Crippen MR) is 288 cm³/mol. The van der Waals surface area contributed by atoms with Crippen molar-refractivity contribution in [2.24, 2.45) is 0 Å². The molecule has 324 valence electrons. The first-order chi connectivity index (χ1) is 32.8. The van der Waals surface area contributed by atoms with Crippen molar-refractivity contribution in [3.05, 3.63) is 208 Å². The lowest BCUT2D eigenvalue weighted by atomic mass is 9.33. The van der Waals surface area contributed by atoms with E-state index >= 15 is 0 Å². The van der Waals surface area contributed by atoms with Crippen LogP contribution < -0.4 is 16.4 Å². The molecule has 15 rings (SSSR count). The first kappa shape index (κ1) is 38.7. The highest BCUT2D eigenvalue weighted by Gasteiger charge is 2.55. The second-order valence-corrected chi connectivity index (χ2v) is 22.6. The van der Waals surface area contributed by atoms with Gasteiger partial charge in [-0.1, -0.05) is 198 Å². The zero-order valence-electron chi connectivity index (χ0n) is 40.1. The Morgan fingerprint density at radius 2 is 1.03 bits per heavy atom. The van der Waals surface area contributed by atoms with Crippen molar-refractivity contribution in [2.45, 2.75) is 71.6 Å². The highest BCUT2D eigenvalue weighted by Crippen LogP contribution is 2.62. The molecule has 0 radical (unpaired) electrons. The van der Waals surface area contributed by atoms with Crippen LogP contribution in [0.1, 0.15) is 86.1 Å². The molecule has 0 saturated carbocycles. The van der Waals surface area contributed by atoms with Crippen molar-refractivity contribution in [3.8, 4) is 44.9 Å². The van der Waals surface area contributed by atoms with E-state index in [4.69, 9.17) is 0 Å². The number of aromatic nitrogens is 2. The molecule has 2 nitrogen and oxygen atoms in total. The molecule has 0 bridgehead atoms. The summed E-state index contributed by atoms with van der Waals surface area (Å²) in [5, 5.41) is 6.65. The van der Waals surface area contributed by atoms with E-state index in [2.05, 4.69) is 228 Å². The van der Waals surface area contributed by atoms with Gasteiger partial charge in [-0.3, -0.25) is 0 Å². The van der Waals surface area contributed by atoms with Crippen LogP contribution in [0.15, 0.2) is 164 Å². The minimum atomic E-state index is -0.543. The molecule has 11 aromatic rings. The smallest absolute Gasteiger partial charge is 0.252 e. The minimum Gasteiger partial charge on any atom is -0.310 e. The van der Waals surface area contributed by atoms with Gasteiger partial charge in [-0.25, -0.2) is 0 Å². The van der Waals surface area contributed by atoms with E-state index in [0.717, 1.165) is 0 Å². The summed E-state index contributed by atoms with van der Waals surface area (Å²) in [6.07, 6.45) is 0. The highest BCUT2D eigenvalue weighted by atomic mass is 15.1. The van der Waals surface area contributed by atoms with Gasteiger partial charge in [0.25, 0.3) is 6.71 Å². The van der Waals surface area contributed by atoms with Crippen molar-refractivity contribution < 1.29 is 0 Å². The lowest BCUT2D eigenvalue weighted by Crippen LogP contribution is -2.60. The van der Waals surface area contributed by atoms with Crippen LogP contribution in [-0.2, 0) is 16.2 Å². The molecule has 68 heavy (non-hydrogen) atoms. The van der Waals surface area contributed by atoms with E-state index in [1.165, 1.54) is 149 Å². The Bertz CT molecular complexity index is 4060. The Morgan fingerprint density at radius 3 is 1.69 bits per heavy atom. The normalized spacial score (nSPS) is 14.6. The van der Waals surface area contributed by atoms with Crippen molar-refractivity contribution >= 4 is 66.6 Å². The monoisotopic (exact) mass is 870 g/mol. The molecule has 1 aliphatic carbocycles. The summed E-state index contributed by atoms with van der Waals surface area (Å²) < 4.78 is 5.48. The number of benzene rings is 9. The van der Waals surface area contributed by atoms with Crippen LogP contribution >= 0.6 is 0 Å². The van der Waals surface area contributed by atoms with E-state index in [1.807, 2.05) is 0 Å². The van der Waals surface area contributed by atoms with Gasteiger partial charge in [0, 0.05) is 38.6 Å². The van der Waals surface area contributed by atoms with Gasteiger partial charge < -0.3 is 9.13 Å². The van der Waals surface area contributed by atoms with E-state index < -0.39 is 5.41 Å². The van der Waals surface area contributed by atoms with Crippen molar-refractivity contribution in [2.75, 3.05) is 0 Å². The molecule has 1 spiro atoms. The lowest BCUT2D eigenvalue weighted by molar-refractivity contribution is 0.588. The molecule has 0 atom stereocenters. The van der Waals surface area contributed by atoms with Crippen LogP contribution in [0, 0.1) is 13.8 Å². The maximum atomic E-state index is 2.77. The third kappa shape index (κ3) is 4.56. The van der Waals surface area contributed by atoms with Crippen molar-refractivity contribution in [3.63, 3.8) is 0 Å². The number of nitrogens with zero attached hydrogens (tertiary/aromatic N) is 2. The molecule has 3 heteroatoms. The van der Waals surface area contributed by atoms with Gasteiger partial charge in [-0.2, -0.15) is 0 Å². The average Bonchev–Trinajstić information content (AvgIpc) is 3.97. The minimum absolute atomic E-state index is 0.0135. The molecule has 4 aliphatic rings. The molecular formula is C65H51BN2. The first-order valence-corrected chi connectivity index (χ1v) is 24.6. The molecule has 0 unspecified atom stereocenters. The number of hydrogen-bond donors (Lipinski definition) is 0. The standard InChI is InChI=1S/C65H51BN2/c1-36-21-25-38(26-22-36)55-56-43-16-10-9-15-40(43)31-52-62(56)67(58(55)39-27-23-37(2)24-28-39)54-30-29-50-61-57(54)66(52)53-35-42(64(6,7)8)33-47-46-32-41(63(3,4)5)34-51(59(46)68(61)60(47)53)65(50)48-19-13-11-17-44(48)45-18-12-14-20-49(45)65/h9-35H,1-8H3. The third-order valence-electron chi connectivity index (χ3n) is 16.7. The van der Waals surface area contributed by atoms with Gasteiger partial charge in [0.05, 0.1) is 22.1 Å². The molecule has 0 fully saturated rings. The summed E-state index contributed by atoms with van der Waals surface area (Å²) in [7, 11) is 0. The van der Waals surface area contributed by atoms with Gasteiger partial charge in [-0.05, 0) is 126 Å². The van der Waals surface area contributed by atoms with Crippen LogP contribution in [0.4, 0.5) is 0 Å². The van der Waals surface area contributed by atoms with Gasteiger partial charge in [0.1, 0.15) is 0 Å². The first-order valence-electron chi connectivity index (χ1n) is 24.6. The SMILES string of the molecule is Cc1ccc(-c2c(-c3ccc(C)cc3)n3c4c(cc5ccccc5c24)B2c4c-3ccc3c4-n4c5c2cc(C(C)(C)C)cc5c2cc(C(C)(C)C)cc(c24)C32c3ccccc3-c3ccccc32)cc1. The van der Waals surface area contributed by atoms with Crippen LogP contribution in [0.3, 0.4) is 0 Å². The van der Waals surface area contributed by atoms with Crippen molar-refractivity contribution in [1.29, 1.82) is 0 Å². The zero-order chi connectivity index (χ0) is 45.9. The second kappa shape index (κ2) is 12.6. The fourth-order valence-electron chi connectivity index (χ4n) is 13.6. The topological polar surface area (TPSA) is 9.86 Å². The Hall–Kier alpha value is -7.36. The van der Waals surface area contributed by atoms with E-state index in [0.29, 0.717) is 0 Å². The summed E-state index contributed by atoms with van der Waals surface area (Å²) in [6, 6.07) is 64.5. The Morgan fingerprint density at radius 1 is 0.456 bits per heavy atom. The van der Waals surface area contributed by atoms with Crippen LogP contribution in [0.5, 0.6) is 0 Å². The summed E-state index contributed by atoms with van der Waals surface area (Å²) in [5.41, 5.74) is 28.7. The van der Waals surface area contributed by atoms with Crippen molar-refractivity contribution in [1.82, 2.24) is 9.13 Å². The summed E-state index contributed by atoms with van der Waals surface area (Å²) >= 11 is 0. The molecular weight excluding hydrogens is 820 g/mol. The largest absolute Gasteiger partial charge is 0.310 e. The lowest BCUT2D eigenvalue weighted by Gasteiger charge is -2.44. The molecule has 2 aromatic heterocycles. The van der Waals surface area contributed by atoms with Gasteiger partial charge >= 0.3 is 0 Å².